The number of hydrogen-bond donors (Lipinski definition) is 1. The van der Waals surface area contributed by atoms with Crippen molar-refractivity contribution < 1.29 is 4.79 Å². The van der Waals surface area contributed by atoms with Crippen LogP contribution in [0.5, 0.6) is 0 Å². The van der Waals surface area contributed by atoms with Gasteiger partial charge in [0.25, 0.3) is 5.91 Å². The zero-order valence-electron chi connectivity index (χ0n) is 8.68. The maximum Gasteiger partial charge on any atom is 0.274 e. The highest BCUT2D eigenvalue weighted by atomic mass is 16.2. The molecule has 0 radical (unpaired) electrons. The summed E-state index contributed by atoms with van der Waals surface area (Å²) in [6.07, 6.45) is 3.98. The van der Waals surface area contributed by atoms with Crippen LogP contribution in [0.4, 0.5) is 0 Å². The van der Waals surface area contributed by atoms with Crippen LogP contribution in [-0.2, 0) is 0 Å². The summed E-state index contributed by atoms with van der Waals surface area (Å²) >= 11 is 0. The van der Waals surface area contributed by atoms with E-state index in [2.05, 4.69) is 9.97 Å². The van der Waals surface area contributed by atoms with Gasteiger partial charge in [-0.1, -0.05) is 0 Å². The standard InChI is InChI=1S/C10H14N4O/c1-7-4-13-9(5-12-7)10(15)14-3-2-8(11)6-14/h4-5,8H,2-3,6,11H2,1H3/t8-/m0/s1. The fourth-order valence-electron chi connectivity index (χ4n) is 1.64. The first-order valence-electron chi connectivity index (χ1n) is 5.00. The van der Waals surface area contributed by atoms with E-state index in [0.717, 1.165) is 18.7 Å². The Labute approximate surface area is 88.3 Å². The van der Waals surface area contributed by atoms with Gasteiger partial charge in [-0.15, -0.1) is 0 Å². The van der Waals surface area contributed by atoms with Crippen LogP contribution in [0.15, 0.2) is 12.4 Å². The summed E-state index contributed by atoms with van der Waals surface area (Å²) in [7, 11) is 0. The van der Waals surface area contributed by atoms with Crippen LogP contribution in [0.25, 0.3) is 0 Å². The Morgan fingerprint density at radius 3 is 2.87 bits per heavy atom. The third-order valence-electron chi connectivity index (χ3n) is 2.51. The second-order valence-corrected chi connectivity index (χ2v) is 3.84. The van der Waals surface area contributed by atoms with E-state index in [4.69, 9.17) is 5.73 Å². The Bertz CT molecular complexity index is 362. The van der Waals surface area contributed by atoms with Crippen LogP contribution in [-0.4, -0.2) is 39.9 Å². The highest BCUT2D eigenvalue weighted by Crippen LogP contribution is 2.10. The van der Waals surface area contributed by atoms with Crippen molar-refractivity contribution in [2.24, 2.45) is 5.73 Å². The van der Waals surface area contributed by atoms with E-state index in [9.17, 15) is 4.79 Å². The van der Waals surface area contributed by atoms with Crippen LogP contribution < -0.4 is 5.73 Å². The van der Waals surface area contributed by atoms with E-state index in [1.165, 1.54) is 6.20 Å². The summed E-state index contributed by atoms with van der Waals surface area (Å²) in [6, 6.07) is 0.104. The van der Waals surface area contributed by atoms with Crippen LogP contribution in [0.3, 0.4) is 0 Å². The molecule has 1 amide bonds. The fraction of sp³-hybridized carbons (Fsp3) is 0.500. The summed E-state index contributed by atoms with van der Waals surface area (Å²) < 4.78 is 0. The number of aromatic nitrogens is 2. The van der Waals surface area contributed by atoms with Crippen LogP contribution in [0.2, 0.25) is 0 Å². The lowest BCUT2D eigenvalue weighted by Crippen LogP contribution is -2.32. The highest BCUT2D eigenvalue weighted by molar-refractivity contribution is 5.92. The molecule has 1 aliphatic heterocycles. The maximum atomic E-state index is 11.9. The van der Waals surface area contributed by atoms with Gasteiger partial charge in [-0.05, 0) is 13.3 Å². The second-order valence-electron chi connectivity index (χ2n) is 3.84. The molecule has 2 N–H and O–H groups in total. The first-order chi connectivity index (χ1) is 7.16. The number of carbonyl (C=O) groups is 1. The number of likely N-dealkylation sites (tertiary alicyclic amines) is 1. The molecule has 0 aliphatic carbocycles. The maximum absolute atomic E-state index is 11.9. The van der Waals surface area contributed by atoms with Gasteiger partial charge in [0.15, 0.2) is 0 Å². The number of amides is 1. The summed E-state index contributed by atoms with van der Waals surface area (Å²) in [6.45, 7) is 3.18. The minimum absolute atomic E-state index is 0.0737. The van der Waals surface area contributed by atoms with Gasteiger partial charge in [-0.3, -0.25) is 9.78 Å². The third kappa shape index (κ3) is 2.12. The Morgan fingerprint density at radius 1 is 1.53 bits per heavy atom. The van der Waals surface area contributed by atoms with Gasteiger partial charge in [-0.2, -0.15) is 0 Å². The normalized spacial score (nSPS) is 20.7. The zero-order chi connectivity index (χ0) is 10.8. The summed E-state index contributed by atoms with van der Waals surface area (Å²) in [4.78, 5) is 21.7. The van der Waals surface area contributed by atoms with Gasteiger partial charge < -0.3 is 10.6 Å². The van der Waals surface area contributed by atoms with E-state index in [0.29, 0.717) is 12.2 Å². The van der Waals surface area contributed by atoms with Crippen molar-refractivity contribution >= 4 is 5.91 Å². The minimum atomic E-state index is -0.0737. The van der Waals surface area contributed by atoms with E-state index in [1.807, 2.05) is 6.92 Å². The number of nitrogens with zero attached hydrogens (tertiary/aromatic N) is 3. The molecule has 80 valence electrons. The molecule has 1 aromatic rings. The van der Waals surface area contributed by atoms with Crippen molar-refractivity contribution in [3.63, 3.8) is 0 Å². The zero-order valence-corrected chi connectivity index (χ0v) is 8.68. The van der Waals surface area contributed by atoms with E-state index in [-0.39, 0.29) is 11.9 Å². The van der Waals surface area contributed by atoms with Crippen LogP contribution in [0, 0.1) is 6.92 Å². The van der Waals surface area contributed by atoms with E-state index < -0.39 is 0 Å². The summed E-state index contributed by atoms with van der Waals surface area (Å²) in [5.41, 5.74) is 6.94. The molecule has 0 bridgehead atoms. The predicted octanol–water partition coefficient (Wildman–Crippen LogP) is -0.0418. The van der Waals surface area contributed by atoms with Gasteiger partial charge in [0.05, 0.1) is 11.9 Å². The van der Waals surface area contributed by atoms with E-state index >= 15 is 0 Å². The Balaban J connectivity index is 2.11. The molecule has 1 fully saturated rings. The minimum Gasteiger partial charge on any atom is -0.336 e. The Kier molecular flexibility index (Phi) is 2.64. The molecule has 5 nitrogen and oxygen atoms in total. The van der Waals surface area contributed by atoms with Gasteiger partial charge in [0, 0.05) is 25.3 Å². The molecule has 2 heterocycles. The summed E-state index contributed by atoms with van der Waals surface area (Å²) in [5.74, 6) is -0.0737. The molecule has 1 aromatic heterocycles. The largest absolute Gasteiger partial charge is 0.336 e. The lowest BCUT2D eigenvalue weighted by atomic mass is 10.3. The average molecular weight is 206 g/mol. The van der Waals surface area contributed by atoms with Crippen molar-refractivity contribution in [1.29, 1.82) is 0 Å². The van der Waals surface area contributed by atoms with Crippen LogP contribution >= 0.6 is 0 Å². The summed E-state index contributed by atoms with van der Waals surface area (Å²) in [5, 5.41) is 0. The first kappa shape index (κ1) is 10.0. The van der Waals surface area contributed by atoms with Gasteiger partial charge in [-0.25, -0.2) is 4.98 Å². The van der Waals surface area contributed by atoms with Crippen molar-refractivity contribution in [3.8, 4) is 0 Å². The van der Waals surface area contributed by atoms with Crippen molar-refractivity contribution in [2.45, 2.75) is 19.4 Å². The Morgan fingerprint density at radius 2 is 2.33 bits per heavy atom. The second kappa shape index (κ2) is 3.94. The number of aryl methyl sites for hydroxylation is 1. The molecule has 0 unspecified atom stereocenters. The topological polar surface area (TPSA) is 72.1 Å². The average Bonchev–Trinajstić information content (AvgIpc) is 2.65. The quantitative estimate of drug-likeness (QED) is 0.699. The van der Waals surface area contributed by atoms with Crippen molar-refractivity contribution in [2.75, 3.05) is 13.1 Å². The predicted molar refractivity (Wildman–Crippen MR) is 55.3 cm³/mol. The van der Waals surface area contributed by atoms with Crippen molar-refractivity contribution in [1.82, 2.24) is 14.9 Å². The Hall–Kier alpha value is -1.49. The molecule has 5 heteroatoms. The molecule has 2 rings (SSSR count). The monoisotopic (exact) mass is 206 g/mol. The molecule has 0 aromatic carbocycles. The smallest absolute Gasteiger partial charge is 0.274 e. The molecule has 0 spiro atoms. The molecule has 1 aliphatic rings. The van der Waals surface area contributed by atoms with Gasteiger partial charge in [0.2, 0.25) is 0 Å². The molecule has 15 heavy (non-hydrogen) atoms. The first-order valence-corrected chi connectivity index (χ1v) is 5.00. The molecule has 1 atom stereocenters. The van der Waals surface area contributed by atoms with Crippen molar-refractivity contribution in [3.05, 3.63) is 23.8 Å². The van der Waals surface area contributed by atoms with E-state index in [1.54, 1.807) is 11.1 Å². The van der Waals surface area contributed by atoms with Crippen LogP contribution in [0.1, 0.15) is 22.6 Å². The number of hydrogen-bond acceptors (Lipinski definition) is 4. The SMILES string of the molecule is Cc1cnc(C(=O)N2CC[C@H](N)C2)cn1. The molecular weight excluding hydrogens is 192 g/mol. The highest BCUT2D eigenvalue weighted by Gasteiger charge is 2.25. The number of carbonyl (C=O) groups excluding carboxylic acids is 1. The molecule has 1 saturated heterocycles. The number of rotatable bonds is 1. The lowest BCUT2D eigenvalue weighted by Gasteiger charge is -2.14. The van der Waals surface area contributed by atoms with Gasteiger partial charge in [0.1, 0.15) is 5.69 Å². The lowest BCUT2D eigenvalue weighted by molar-refractivity contribution is 0.0784. The fourth-order valence-corrected chi connectivity index (χ4v) is 1.64. The third-order valence-corrected chi connectivity index (χ3v) is 2.51. The molecular formula is C10H14N4O. The van der Waals surface area contributed by atoms with Gasteiger partial charge >= 0.3 is 0 Å². The number of nitrogens with two attached hydrogens (primary N) is 1. The molecule has 0 saturated carbocycles.